The van der Waals surface area contributed by atoms with E-state index in [4.69, 9.17) is 0 Å². The van der Waals surface area contributed by atoms with Crippen LogP contribution in [0, 0.1) is 6.92 Å². The number of amides is 1. The van der Waals surface area contributed by atoms with Crippen LogP contribution in [0.2, 0.25) is 0 Å². The Morgan fingerprint density at radius 2 is 2.00 bits per heavy atom. The molecular formula is C19H15N5O2S2. The van der Waals surface area contributed by atoms with Crippen LogP contribution >= 0.6 is 23.1 Å². The lowest BCUT2D eigenvalue weighted by Crippen LogP contribution is -2.17. The van der Waals surface area contributed by atoms with E-state index in [1.807, 2.05) is 43.3 Å². The number of H-pyrrole nitrogens is 1. The number of thioether (sulfide) groups is 1. The zero-order valence-electron chi connectivity index (χ0n) is 14.8. The average Bonchev–Trinajstić information content (AvgIpc) is 3.08. The summed E-state index contributed by atoms with van der Waals surface area (Å²) in [6, 6.07) is 15.0. The number of thiazole rings is 1. The van der Waals surface area contributed by atoms with Gasteiger partial charge in [-0.1, -0.05) is 59.5 Å². The molecule has 0 atom stereocenters. The average molecular weight is 409 g/mol. The van der Waals surface area contributed by atoms with Crippen molar-refractivity contribution in [2.45, 2.75) is 12.1 Å². The highest BCUT2D eigenvalue weighted by atomic mass is 32.2. The van der Waals surface area contributed by atoms with Crippen molar-refractivity contribution in [3.63, 3.8) is 0 Å². The summed E-state index contributed by atoms with van der Waals surface area (Å²) >= 11 is 2.54. The first-order valence-electron chi connectivity index (χ1n) is 8.41. The van der Waals surface area contributed by atoms with Gasteiger partial charge in [-0.2, -0.15) is 0 Å². The summed E-state index contributed by atoms with van der Waals surface area (Å²) in [4.78, 5) is 31.5. The summed E-state index contributed by atoms with van der Waals surface area (Å²) in [5, 5.41) is 11.6. The van der Waals surface area contributed by atoms with Crippen LogP contribution in [0.25, 0.3) is 21.5 Å². The third kappa shape index (κ3) is 4.10. The van der Waals surface area contributed by atoms with Crippen LogP contribution in [-0.2, 0) is 4.79 Å². The highest BCUT2D eigenvalue weighted by Crippen LogP contribution is 2.26. The van der Waals surface area contributed by atoms with Crippen LogP contribution in [0.1, 0.15) is 5.56 Å². The molecule has 4 rings (SSSR count). The van der Waals surface area contributed by atoms with E-state index in [1.165, 1.54) is 11.3 Å². The maximum atomic E-state index is 12.2. The molecule has 0 aliphatic carbocycles. The van der Waals surface area contributed by atoms with Gasteiger partial charge < -0.3 is 5.32 Å². The van der Waals surface area contributed by atoms with E-state index in [-0.39, 0.29) is 22.9 Å². The summed E-state index contributed by atoms with van der Waals surface area (Å²) in [5.41, 5.74) is 2.60. The minimum atomic E-state index is -0.342. The molecule has 0 spiro atoms. The Morgan fingerprint density at radius 3 is 2.79 bits per heavy atom. The van der Waals surface area contributed by atoms with Crippen molar-refractivity contribution in [3.8, 4) is 11.3 Å². The molecule has 2 aromatic carbocycles. The van der Waals surface area contributed by atoms with Gasteiger partial charge in [0, 0.05) is 5.56 Å². The molecule has 4 aromatic rings. The Hall–Kier alpha value is -3.04. The predicted molar refractivity (Wildman–Crippen MR) is 112 cm³/mol. The molecular weight excluding hydrogens is 394 g/mol. The molecule has 0 unspecified atom stereocenters. The lowest BCUT2D eigenvalue weighted by Gasteiger charge is -2.02. The maximum absolute atomic E-state index is 12.2. The van der Waals surface area contributed by atoms with Gasteiger partial charge in [0.05, 0.1) is 16.0 Å². The van der Waals surface area contributed by atoms with Gasteiger partial charge in [-0.3, -0.25) is 14.6 Å². The highest BCUT2D eigenvalue weighted by Gasteiger charge is 2.11. The number of carbonyl (C=O) groups excluding carboxylic acids is 1. The van der Waals surface area contributed by atoms with E-state index in [1.54, 1.807) is 12.1 Å². The second-order valence-electron chi connectivity index (χ2n) is 6.00. The summed E-state index contributed by atoms with van der Waals surface area (Å²) in [6.07, 6.45) is 0. The van der Waals surface area contributed by atoms with Gasteiger partial charge in [0.2, 0.25) is 5.91 Å². The number of benzene rings is 2. The smallest absolute Gasteiger partial charge is 0.278 e. The Balaban J connectivity index is 1.40. The summed E-state index contributed by atoms with van der Waals surface area (Å²) < 4.78 is 1.02. The lowest BCUT2D eigenvalue weighted by molar-refractivity contribution is -0.113. The normalized spacial score (nSPS) is 10.9. The topological polar surface area (TPSA) is 101 Å². The SMILES string of the molecule is Cc1ccc2nc(NC(=O)CSc3nnc(-c4ccccc4)c(=O)[nH]3)sc2c1. The van der Waals surface area contributed by atoms with Gasteiger partial charge in [0.1, 0.15) is 0 Å². The molecule has 0 fully saturated rings. The van der Waals surface area contributed by atoms with Gasteiger partial charge in [0.25, 0.3) is 5.56 Å². The van der Waals surface area contributed by atoms with Crippen molar-refractivity contribution in [1.82, 2.24) is 20.2 Å². The van der Waals surface area contributed by atoms with Crippen LogP contribution in [0.15, 0.2) is 58.5 Å². The molecule has 2 N–H and O–H groups in total. The van der Waals surface area contributed by atoms with E-state index >= 15 is 0 Å². The van der Waals surface area contributed by atoms with Crippen LogP contribution < -0.4 is 10.9 Å². The molecule has 28 heavy (non-hydrogen) atoms. The number of anilines is 1. The van der Waals surface area contributed by atoms with Crippen molar-refractivity contribution < 1.29 is 4.79 Å². The molecule has 0 aliphatic rings. The first-order valence-corrected chi connectivity index (χ1v) is 10.2. The van der Waals surface area contributed by atoms with Gasteiger partial charge in [0.15, 0.2) is 16.0 Å². The fourth-order valence-electron chi connectivity index (χ4n) is 2.55. The van der Waals surface area contributed by atoms with Crippen LogP contribution in [0.5, 0.6) is 0 Å². The molecule has 0 aliphatic heterocycles. The number of hydrogen-bond donors (Lipinski definition) is 2. The Bertz CT molecular complexity index is 1200. The van der Waals surface area contributed by atoms with E-state index in [9.17, 15) is 9.59 Å². The molecule has 0 saturated heterocycles. The molecule has 2 heterocycles. The zero-order chi connectivity index (χ0) is 19.5. The van der Waals surface area contributed by atoms with Gasteiger partial charge in [-0.05, 0) is 24.6 Å². The summed E-state index contributed by atoms with van der Waals surface area (Å²) in [5.74, 6) is -0.139. The van der Waals surface area contributed by atoms with E-state index < -0.39 is 0 Å². The number of carbonyl (C=O) groups is 1. The standard InChI is InChI=1S/C19H15N5O2S2/c1-11-7-8-13-14(9-11)28-18(20-13)21-15(25)10-27-19-22-17(26)16(23-24-19)12-5-3-2-4-6-12/h2-9H,10H2,1H3,(H,20,21,25)(H,22,24,26). The fraction of sp³-hybridized carbons (Fsp3) is 0.105. The number of hydrogen-bond acceptors (Lipinski definition) is 7. The van der Waals surface area contributed by atoms with Crippen molar-refractivity contribution in [2.24, 2.45) is 0 Å². The maximum Gasteiger partial charge on any atom is 0.278 e. The molecule has 1 amide bonds. The second kappa shape index (κ2) is 7.91. The zero-order valence-corrected chi connectivity index (χ0v) is 16.4. The Kier molecular flexibility index (Phi) is 5.18. The second-order valence-corrected chi connectivity index (χ2v) is 8.00. The minimum absolute atomic E-state index is 0.0876. The van der Waals surface area contributed by atoms with E-state index in [0.717, 1.165) is 27.5 Å². The molecule has 2 aromatic heterocycles. The first kappa shape index (κ1) is 18.3. The monoisotopic (exact) mass is 409 g/mol. The number of aryl methyl sites for hydroxylation is 1. The van der Waals surface area contributed by atoms with Crippen molar-refractivity contribution in [2.75, 3.05) is 11.1 Å². The first-order chi connectivity index (χ1) is 13.6. The number of rotatable bonds is 5. The fourth-order valence-corrected chi connectivity index (χ4v) is 4.13. The van der Waals surface area contributed by atoms with Crippen molar-refractivity contribution in [3.05, 3.63) is 64.4 Å². The molecule has 0 saturated carbocycles. The third-order valence-electron chi connectivity index (χ3n) is 3.85. The Morgan fingerprint density at radius 1 is 1.18 bits per heavy atom. The van der Waals surface area contributed by atoms with Gasteiger partial charge >= 0.3 is 0 Å². The molecule has 9 heteroatoms. The predicted octanol–water partition coefficient (Wildman–Crippen LogP) is 3.48. The number of aromatic amines is 1. The minimum Gasteiger partial charge on any atom is -0.301 e. The molecule has 140 valence electrons. The molecule has 7 nitrogen and oxygen atoms in total. The quantitative estimate of drug-likeness (QED) is 0.490. The van der Waals surface area contributed by atoms with Crippen LogP contribution in [-0.4, -0.2) is 31.8 Å². The lowest BCUT2D eigenvalue weighted by atomic mass is 10.2. The van der Waals surface area contributed by atoms with Crippen molar-refractivity contribution in [1.29, 1.82) is 0 Å². The van der Waals surface area contributed by atoms with E-state index in [2.05, 4.69) is 25.5 Å². The van der Waals surface area contributed by atoms with Crippen LogP contribution in [0.4, 0.5) is 5.13 Å². The van der Waals surface area contributed by atoms with E-state index in [0.29, 0.717) is 15.9 Å². The number of aromatic nitrogens is 4. The largest absolute Gasteiger partial charge is 0.301 e. The molecule has 0 radical (unpaired) electrons. The summed E-state index contributed by atoms with van der Waals surface area (Å²) in [7, 11) is 0. The third-order valence-corrected chi connectivity index (χ3v) is 5.65. The van der Waals surface area contributed by atoms with Crippen molar-refractivity contribution >= 4 is 44.4 Å². The number of fused-ring (bicyclic) bond motifs is 1. The van der Waals surface area contributed by atoms with Gasteiger partial charge in [-0.15, -0.1) is 10.2 Å². The number of nitrogens with one attached hydrogen (secondary N) is 2. The number of nitrogens with zero attached hydrogens (tertiary/aromatic N) is 3. The Labute approximate surface area is 168 Å². The van der Waals surface area contributed by atoms with Gasteiger partial charge in [-0.25, -0.2) is 4.98 Å². The molecule has 0 bridgehead atoms. The highest BCUT2D eigenvalue weighted by molar-refractivity contribution is 7.99. The summed E-state index contributed by atoms with van der Waals surface area (Å²) in [6.45, 7) is 2.01. The van der Waals surface area contributed by atoms with Crippen LogP contribution in [0.3, 0.4) is 0 Å².